The Morgan fingerprint density at radius 2 is 2.00 bits per heavy atom. The first kappa shape index (κ1) is 17.2. The highest BCUT2D eigenvalue weighted by atomic mass is 35.5. The minimum absolute atomic E-state index is 0.156. The molecular formula is C16H12Cl2N4O3. The Balaban J connectivity index is 2.01. The first-order valence-corrected chi connectivity index (χ1v) is 8.05. The molecule has 128 valence electrons. The van der Waals surface area contributed by atoms with E-state index in [1.807, 2.05) is 0 Å². The van der Waals surface area contributed by atoms with Crippen molar-refractivity contribution in [2.24, 2.45) is 0 Å². The van der Waals surface area contributed by atoms with E-state index >= 15 is 0 Å². The van der Waals surface area contributed by atoms with E-state index in [4.69, 9.17) is 23.2 Å². The van der Waals surface area contributed by atoms with Crippen LogP contribution in [0.3, 0.4) is 0 Å². The SMILES string of the molecule is CCn1c(=O)[nH]c(=O)c2cc(C(=O)Nc3ccc(Cl)c(Cl)c3)cnc21. The average molecular weight is 379 g/mol. The van der Waals surface area contributed by atoms with E-state index in [0.717, 1.165) is 0 Å². The molecule has 25 heavy (non-hydrogen) atoms. The predicted octanol–water partition coefficient (Wildman–Crippen LogP) is 2.66. The zero-order valence-electron chi connectivity index (χ0n) is 13.0. The summed E-state index contributed by atoms with van der Waals surface area (Å²) < 4.78 is 1.32. The van der Waals surface area contributed by atoms with Gasteiger partial charge in [0.2, 0.25) is 0 Å². The number of rotatable bonds is 3. The molecule has 0 fully saturated rings. The van der Waals surface area contributed by atoms with Crippen molar-refractivity contribution in [3.63, 3.8) is 0 Å². The molecule has 7 nitrogen and oxygen atoms in total. The quantitative estimate of drug-likeness (QED) is 0.731. The Bertz CT molecular complexity index is 1100. The van der Waals surface area contributed by atoms with Gasteiger partial charge in [-0.1, -0.05) is 23.2 Å². The van der Waals surface area contributed by atoms with Crippen molar-refractivity contribution in [1.29, 1.82) is 0 Å². The zero-order chi connectivity index (χ0) is 18.1. The van der Waals surface area contributed by atoms with E-state index in [1.165, 1.54) is 22.9 Å². The van der Waals surface area contributed by atoms with Crippen LogP contribution in [0.1, 0.15) is 17.3 Å². The summed E-state index contributed by atoms with van der Waals surface area (Å²) in [6, 6.07) is 6.06. The zero-order valence-corrected chi connectivity index (χ0v) is 14.5. The maximum atomic E-state index is 12.4. The third-order valence-corrected chi connectivity index (χ3v) is 4.33. The molecule has 9 heteroatoms. The smallest absolute Gasteiger partial charge is 0.322 e. The van der Waals surface area contributed by atoms with E-state index in [9.17, 15) is 14.4 Å². The monoisotopic (exact) mass is 378 g/mol. The van der Waals surface area contributed by atoms with E-state index in [2.05, 4.69) is 15.3 Å². The van der Waals surface area contributed by atoms with E-state index in [-0.39, 0.29) is 16.6 Å². The van der Waals surface area contributed by atoms with Gasteiger partial charge in [0, 0.05) is 18.4 Å². The Hall–Kier alpha value is -2.64. The van der Waals surface area contributed by atoms with Crippen molar-refractivity contribution < 1.29 is 4.79 Å². The number of hydrogen-bond acceptors (Lipinski definition) is 4. The number of amides is 1. The van der Waals surface area contributed by atoms with Crippen LogP contribution in [0.25, 0.3) is 11.0 Å². The maximum Gasteiger partial charge on any atom is 0.329 e. The lowest BCUT2D eigenvalue weighted by atomic mass is 10.2. The number of aromatic nitrogens is 3. The standard InChI is InChI=1S/C16H12Cl2N4O3/c1-2-22-13-10(15(24)21-16(22)25)5-8(7-19-13)14(23)20-9-3-4-11(17)12(18)6-9/h3-7H,2H2,1H3,(H,20,23)(H,21,24,25). The highest BCUT2D eigenvalue weighted by Crippen LogP contribution is 2.25. The third-order valence-electron chi connectivity index (χ3n) is 3.59. The summed E-state index contributed by atoms with van der Waals surface area (Å²) >= 11 is 11.8. The number of halogens is 2. The molecule has 0 radical (unpaired) electrons. The number of aryl methyl sites for hydroxylation is 1. The molecule has 3 rings (SSSR count). The highest BCUT2D eigenvalue weighted by molar-refractivity contribution is 6.42. The van der Waals surface area contributed by atoms with Gasteiger partial charge in [-0.15, -0.1) is 0 Å². The van der Waals surface area contributed by atoms with Crippen molar-refractivity contribution in [1.82, 2.24) is 14.5 Å². The van der Waals surface area contributed by atoms with Gasteiger partial charge < -0.3 is 5.32 Å². The van der Waals surface area contributed by atoms with Gasteiger partial charge in [-0.3, -0.25) is 19.1 Å². The van der Waals surface area contributed by atoms with Gasteiger partial charge in [0.15, 0.2) is 0 Å². The van der Waals surface area contributed by atoms with Gasteiger partial charge in [0.1, 0.15) is 5.65 Å². The van der Waals surface area contributed by atoms with Crippen LogP contribution in [-0.2, 0) is 6.54 Å². The molecular weight excluding hydrogens is 367 g/mol. The van der Waals surface area contributed by atoms with Crippen LogP contribution in [0, 0.1) is 0 Å². The van der Waals surface area contributed by atoms with Crippen LogP contribution >= 0.6 is 23.2 Å². The number of fused-ring (bicyclic) bond motifs is 1. The molecule has 2 aromatic heterocycles. The molecule has 3 aromatic rings. The van der Waals surface area contributed by atoms with Gasteiger partial charge in [-0.2, -0.15) is 0 Å². The summed E-state index contributed by atoms with van der Waals surface area (Å²) in [5, 5.41) is 3.48. The summed E-state index contributed by atoms with van der Waals surface area (Å²) in [6.45, 7) is 2.10. The number of H-pyrrole nitrogens is 1. The molecule has 2 heterocycles. The first-order chi connectivity index (χ1) is 11.9. The van der Waals surface area contributed by atoms with Gasteiger partial charge in [0.25, 0.3) is 11.5 Å². The predicted molar refractivity (Wildman–Crippen MR) is 96.7 cm³/mol. The number of carbonyl (C=O) groups is 1. The fourth-order valence-electron chi connectivity index (χ4n) is 2.36. The summed E-state index contributed by atoms with van der Waals surface area (Å²) in [5.74, 6) is -0.471. The van der Waals surface area contributed by atoms with Gasteiger partial charge in [0.05, 0.1) is 21.0 Å². The van der Waals surface area contributed by atoms with Gasteiger partial charge in [-0.25, -0.2) is 9.78 Å². The largest absolute Gasteiger partial charge is 0.329 e. The second-order valence-corrected chi connectivity index (χ2v) is 6.00. The summed E-state index contributed by atoms with van der Waals surface area (Å²) in [6.07, 6.45) is 1.31. The van der Waals surface area contributed by atoms with Gasteiger partial charge in [-0.05, 0) is 31.2 Å². The topological polar surface area (TPSA) is 96.9 Å². The Kier molecular flexibility index (Phi) is 4.61. The number of nitrogens with zero attached hydrogens (tertiary/aromatic N) is 2. The molecule has 1 amide bonds. The first-order valence-electron chi connectivity index (χ1n) is 7.30. The molecule has 0 aliphatic heterocycles. The van der Waals surface area contributed by atoms with Crippen LogP contribution in [0.4, 0.5) is 5.69 Å². The van der Waals surface area contributed by atoms with Crippen LogP contribution in [0.2, 0.25) is 10.0 Å². The molecule has 0 aliphatic carbocycles. The van der Waals surface area contributed by atoms with Crippen LogP contribution in [-0.4, -0.2) is 20.4 Å². The normalized spacial score (nSPS) is 10.8. The summed E-state index contributed by atoms with van der Waals surface area (Å²) in [5.41, 5.74) is -0.290. The number of nitrogens with one attached hydrogen (secondary N) is 2. The fourth-order valence-corrected chi connectivity index (χ4v) is 2.66. The molecule has 0 unspecified atom stereocenters. The molecule has 2 N–H and O–H groups in total. The van der Waals surface area contributed by atoms with Gasteiger partial charge >= 0.3 is 5.69 Å². The second-order valence-electron chi connectivity index (χ2n) is 5.18. The van der Waals surface area contributed by atoms with Crippen molar-refractivity contribution in [3.8, 4) is 0 Å². The molecule has 0 spiro atoms. The lowest BCUT2D eigenvalue weighted by molar-refractivity contribution is 0.102. The Morgan fingerprint density at radius 1 is 1.24 bits per heavy atom. The molecule has 0 atom stereocenters. The number of benzene rings is 1. The molecule has 0 aliphatic rings. The molecule has 0 saturated heterocycles. The lowest BCUT2D eigenvalue weighted by Gasteiger charge is -2.09. The fraction of sp³-hybridized carbons (Fsp3) is 0.125. The molecule has 0 bridgehead atoms. The molecule has 0 saturated carbocycles. The average Bonchev–Trinajstić information content (AvgIpc) is 2.58. The Labute approximate surface area is 151 Å². The number of carbonyl (C=O) groups excluding carboxylic acids is 1. The summed E-state index contributed by atoms with van der Waals surface area (Å²) in [4.78, 5) is 42.5. The number of anilines is 1. The highest BCUT2D eigenvalue weighted by Gasteiger charge is 2.13. The summed E-state index contributed by atoms with van der Waals surface area (Å²) in [7, 11) is 0. The Morgan fingerprint density at radius 3 is 2.68 bits per heavy atom. The second kappa shape index (κ2) is 6.70. The van der Waals surface area contributed by atoms with Crippen molar-refractivity contribution in [3.05, 3.63) is 66.9 Å². The lowest BCUT2D eigenvalue weighted by Crippen LogP contribution is -2.30. The third kappa shape index (κ3) is 3.29. The van der Waals surface area contributed by atoms with Crippen molar-refractivity contribution >= 4 is 45.8 Å². The van der Waals surface area contributed by atoms with E-state index < -0.39 is 17.2 Å². The van der Waals surface area contributed by atoms with Crippen LogP contribution in [0.5, 0.6) is 0 Å². The maximum absolute atomic E-state index is 12.4. The molecule has 1 aromatic carbocycles. The van der Waals surface area contributed by atoms with E-state index in [0.29, 0.717) is 22.3 Å². The minimum Gasteiger partial charge on any atom is -0.322 e. The minimum atomic E-state index is -0.596. The van der Waals surface area contributed by atoms with Crippen molar-refractivity contribution in [2.75, 3.05) is 5.32 Å². The van der Waals surface area contributed by atoms with Crippen LogP contribution in [0.15, 0.2) is 40.1 Å². The van der Waals surface area contributed by atoms with Crippen molar-refractivity contribution in [2.45, 2.75) is 13.5 Å². The van der Waals surface area contributed by atoms with E-state index in [1.54, 1.807) is 19.1 Å². The number of pyridine rings is 1. The number of aromatic amines is 1. The van der Waals surface area contributed by atoms with Crippen LogP contribution < -0.4 is 16.6 Å². The number of hydrogen-bond donors (Lipinski definition) is 2.